The molecule has 0 radical (unpaired) electrons. The third-order valence-corrected chi connectivity index (χ3v) is 3.20. The van der Waals surface area contributed by atoms with Gasteiger partial charge in [-0.05, 0) is 30.7 Å². The van der Waals surface area contributed by atoms with E-state index >= 15 is 0 Å². The summed E-state index contributed by atoms with van der Waals surface area (Å²) >= 11 is 0. The number of nitrogens with one attached hydrogen (secondary N) is 1. The van der Waals surface area contributed by atoms with E-state index in [1.165, 1.54) is 25.7 Å². The summed E-state index contributed by atoms with van der Waals surface area (Å²) in [4.78, 5) is 11.8. The minimum atomic E-state index is 0.0315. The van der Waals surface area contributed by atoms with Crippen LogP contribution in [-0.2, 0) is 4.79 Å². The largest absolute Gasteiger partial charge is 0.479 e. The molecular weight excluding hydrogens is 264 g/mol. The Morgan fingerprint density at radius 3 is 2.48 bits per heavy atom. The highest BCUT2D eigenvalue weighted by Gasteiger charge is 2.02. The van der Waals surface area contributed by atoms with Gasteiger partial charge in [0.15, 0.2) is 6.61 Å². The van der Waals surface area contributed by atoms with Crippen molar-refractivity contribution in [2.24, 2.45) is 0 Å². The van der Waals surface area contributed by atoms with Crippen molar-refractivity contribution in [2.75, 3.05) is 11.9 Å². The van der Waals surface area contributed by atoms with Crippen LogP contribution in [0.5, 0.6) is 5.75 Å². The van der Waals surface area contributed by atoms with Crippen molar-refractivity contribution in [3.63, 3.8) is 0 Å². The molecule has 4 heteroatoms. The Labute approximate surface area is 127 Å². The fourth-order valence-corrected chi connectivity index (χ4v) is 2.04. The fourth-order valence-electron chi connectivity index (χ4n) is 2.04. The number of carbonyl (C=O) groups excluding carboxylic acids is 1. The number of rotatable bonds is 10. The predicted molar refractivity (Wildman–Crippen MR) is 84.2 cm³/mol. The topological polar surface area (TPSA) is 62.1 Å². The van der Waals surface area contributed by atoms with Crippen LogP contribution < -0.4 is 10.1 Å². The van der Waals surface area contributed by atoms with Gasteiger partial charge in [0.05, 0.1) is 0 Å². The van der Waals surface area contributed by atoms with Crippen LogP contribution in [0, 0.1) is 11.3 Å². The van der Waals surface area contributed by atoms with E-state index in [9.17, 15) is 4.79 Å². The van der Waals surface area contributed by atoms with Gasteiger partial charge >= 0.3 is 0 Å². The Bertz CT molecular complexity index is 449. The Morgan fingerprint density at radius 1 is 1.14 bits per heavy atom. The van der Waals surface area contributed by atoms with Gasteiger partial charge in [0, 0.05) is 12.1 Å². The van der Waals surface area contributed by atoms with E-state index in [1.807, 2.05) is 6.07 Å². The molecule has 0 spiro atoms. The lowest BCUT2D eigenvalue weighted by atomic mass is 10.1. The van der Waals surface area contributed by atoms with E-state index in [2.05, 4.69) is 12.2 Å². The molecule has 1 rings (SSSR count). The molecule has 0 saturated carbocycles. The molecule has 0 fully saturated rings. The Kier molecular flexibility index (Phi) is 8.70. The van der Waals surface area contributed by atoms with Gasteiger partial charge in [0.1, 0.15) is 11.8 Å². The Hall–Kier alpha value is -2.02. The summed E-state index contributed by atoms with van der Waals surface area (Å²) in [5.41, 5.74) is 0.760. The minimum absolute atomic E-state index is 0.0315. The summed E-state index contributed by atoms with van der Waals surface area (Å²) in [6.45, 7) is 2.23. The molecule has 1 amide bonds. The number of nitriles is 1. The van der Waals surface area contributed by atoms with Crippen molar-refractivity contribution in [3.8, 4) is 11.8 Å². The van der Waals surface area contributed by atoms with Crippen molar-refractivity contribution >= 4 is 11.6 Å². The highest BCUT2D eigenvalue weighted by atomic mass is 16.5. The lowest BCUT2D eigenvalue weighted by molar-refractivity contribution is -0.116. The summed E-state index contributed by atoms with van der Waals surface area (Å²) < 4.78 is 5.15. The lowest BCUT2D eigenvalue weighted by Gasteiger charge is -2.06. The smallest absolute Gasteiger partial charge is 0.224 e. The van der Waals surface area contributed by atoms with Crippen molar-refractivity contribution in [3.05, 3.63) is 24.3 Å². The molecule has 4 nitrogen and oxygen atoms in total. The molecule has 0 unspecified atom stereocenters. The highest BCUT2D eigenvalue weighted by molar-refractivity contribution is 5.90. The highest BCUT2D eigenvalue weighted by Crippen LogP contribution is 2.16. The summed E-state index contributed by atoms with van der Waals surface area (Å²) in [6, 6.07) is 8.97. The second-order valence-corrected chi connectivity index (χ2v) is 5.04. The molecule has 0 heterocycles. The average Bonchev–Trinajstić information content (AvgIpc) is 2.50. The third kappa shape index (κ3) is 7.98. The van der Waals surface area contributed by atoms with Gasteiger partial charge in [-0.15, -0.1) is 0 Å². The number of nitrogens with zero attached hydrogens (tertiary/aromatic N) is 1. The first-order valence-corrected chi connectivity index (χ1v) is 7.66. The van der Waals surface area contributed by atoms with Gasteiger partial charge in [-0.25, -0.2) is 0 Å². The molecular formula is C17H24N2O2. The zero-order chi connectivity index (χ0) is 15.3. The predicted octanol–water partition coefficient (Wildman–Crippen LogP) is 4.28. The number of ether oxygens (including phenoxy) is 1. The van der Waals surface area contributed by atoms with Gasteiger partial charge in [0.25, 0.3) is 0 Å². The molecule has 1 N–H and O–H groups in total. The second-order valence-electron chi connectivity index (χ2n) is 5.04. The van der Waals surface area contributed by atoms with E-state index in [-0.39, 0.29) is 12.5 Å². The average molecular weight is 288 g/mol. The van der Waals surface area contributed by atoms with Crippen molar-refractivity contribution in [1.82, 2.24) is 0 Å². The maximum Gasteiger partial charge on any atom is 0.224 e. The van der Waals surface area contributed by atoms with Gasteiger partial charge in [-0.3, -0.25) is 4.79 Å². The molecule has 0 atom stereocenters. The maximum absolute atomic E-state index is 11.8. The monoisotopic (exact) mass is 288 g/mol. The standard InChI is InChI=1S/C17H24N2O2/c1-2-3-4-5-6-7-8-17(20)19-15-9-11-16(12-10-15)21-14-13-18/h9-12H,2-8,14H2,1H3,(H,19,20). The van der Waals surface area contributed by atoms with Crippen LogP contribution in [0.2, 0.25) is 0 Å². The van der Waals surface area contributed by atoms with Gasteiger partial charge in [-0.2, -0.15) is 5.26 Å². The summed E-state index contributed by atoms with van der Waals surface area (Å²) in [6.07, 6.45) is 7.64. The van der Waals surface area contributed by atoms with E-state index in [0.29, 0.717) is 12.2 Å². The van der Waals surface area contributed by atoms with Crippen LogP contribution in [0.25, 0.3) is 0 Å². The molecule has 0 aliphatic rings. The summed E-state index contributed by atoms with van der Waals surface area (Å²) in [5.74, 6) is 0.682. The quantitative estimate of drug-likeness (QED) is 0.654. The van der Waals surface area contributed by atoms with Crippen LogP contribution in [-0.4, -0.2) is 12.5 Å². The molecule has 1 aromatic rings. The van der Waals surface area contributed by atoms with E-state index in [1.54, 1.807) is 24.3 Å². The van der Waals surface area contributed by atoms with E-state index in [0.717, 1.165) is 18.5 Å². The zero-order valence-electron chi connectivity index (χ0n) is 12.7. The SMILES string of the molecule is CCCCCCCCC(=O)Nc1ccc(OCC#N)cc1. The van der Waals surface area contributed by atoms with Crippen LogP contribution in [0.3, 0.4) is 0 Å². The molecule has 0 aliphatic carbocycles. The van der Waals surface area contributed by atoms with E-state index < -0.39 is 0 Å². The van der Waals surface area contributed by atoms with Crippen molar-refractivity contribution < 1.29 is 9.53 Å². The summed E-state index contributed by atoms with van der Waals surface area (Å²) in [5, 5.41) is 11.3. The number of anilines is 1. The Balaban J connectivity index is 2.20. The number of unbranched alkanes of at least 4 members (excludes halogenated alkanes) is 5. The number of carbonyl (C=O) groups is 1. The first-order valence-electron chi connectivity index (χ1n) is 7.66. The molecule has 114 valence electrons. The number of amides is 1. The molecule has 0 saturated heterocycles. The Morgan fingerprint density at radius 2 is 1.81 bits per heavy atom. The zero-order valence-corrected chi connectivity index (χ0v) is 12.7. The van der Waals surface area contributed by atoms with Crippen LogP contribution in [0.4, 0.5) is 5.69 Å². The van der Waals surface area contributed by atoms with Gasteiger partial charge in [0.2, 0.25) is 5.91 Å². The number of hydrogen-bond donors (Lipinski definition) is 1. The van der Waals surface area contributed by atoms with Crippen LogP contribution in [0.1, 0.15) is 51.9 Å². The van der Waals surface area contributed by atoms with Gasteiger partial charge < -0.3 is 10.1 Å². The minimum Gasteiger partial charge on any atom is -0.479 e. The van der Waals surface area contributed by atoms with Crippen molar-refractivity contribution in [1.29, 1.82) is 5.26 Å². The molecule has 21 heavy (non-hydrogen) atoms. The normalized spacial score (nSPS) is 9.90. The molecule has 0 bridgehead atoms. The molecule has 0 aromatic heterocycles. The van der Waals surface area contributed by atoms with Gasteiger partial charge in [-0.1, -0.05) is 39.0 Å². The third-order valence-electron chi connectivity index (χ3n) is 3.20. The first kappa shape index (κ1) is 17.0. The summed E-state index contributed by atoms with van der Waals surface area (Å²) in [7, 11) is 0. The molecule has 0 aliphatic heterocycles. The first-order chi connectivity index (χ1) is 10.3. The molecule has 1 aromatic carbocycles. The van der Waals surface area contributed by atoms with E-state index in [4.69, 9.17) is 10.00 Å². The lowest BCUT2D eigenvalue weighted by Crippen LogP contribution is -2.10. The van der Waals surface area contributed by atoms with Crippen LogP contribution >= 0.6 is 0 Å². The van der Waals surface area contributed by atoms with Crippen molar-refractivity contribution in [2.45, 2.75) is 51.9 Å². The number of hydrogen-bond acceptors (Lipinski definition) is 3. The van der Waals surface area contributed by atoms with Crippen LogP contribution in [0.15, 0.2) is 24.3 Å². The second kappa shape index (κ2) is 10.7. The maximum atomic E-state index is 11.8. The number of benzene rings is 1. The fraction of sp³-hybridized carbons (Fsp3) is 0.529.